The Morgan fingerprint density at radius 1 is 1.38 bits per heavy atom. The SMILES string of the molecule is C=COO[Si](C)(C)C. The van der Waals surface area contributed by atoms with Crippen molar-refractivity contribution in [2.24, 2.45) is 0 Å². The fourth-order valence-electron chi connectivity index (χ4n) is 0.178. The first-order valence-corrected chi connectivity index (χ1v) is 5.92. The fraction of sp³-hybridized carbons (Fsp3) is 0.600. The van der Waals surface area contributed by atoms with Gasteiger partial charge < -0.3 is 4.89 Å². The molecule has 0 N–H and O–H groups in total. The van der Waals surface area contributed by atoms with Crippen molar-refractivity contribution in [3.8, 4) is 0 Å². The maximum Gasteiger partial charge on any atom is 0.245 e. The topological polar surface area (TPSA) is 18.5 Å². The first-order valence-electron chi connectivity index (χ1n) is 2.51. The van der Waals surface area contributed by atoms with Gasteiger partial charge in [-0.25, -0.2) is 4.58 Å². The first kappa shape index (κ1) is 7.72. The summed E-state index contributed by atoms with van der Waals surface area (Å²) >= 11 is 0. The van der Waals surface area contributed by atoms with E-state index in [0.29, 0.717) is 0 Å². The molecule has 0 heterocycles. The molecule has 0 rings (SSSR count). The third-order valence-corrected chi connectivity index (χ3v) is 0.962. The molecule has 0 aromatic rings. The van der Waals surface area contributed by atoms with Crippen molar-refractivity contribution in [3.63, 3.8) is 0 Å². The van der Waals surface area contributed by atoms with Gasteiger partial charge in [0.05, 0.1) is 0 Å². The van der Waals surface area contributed by atoms with Crippen LogP contribution in [0.2, 0.25) is 19.6 Å². The van der Waals surface area contributed by atoms with E-state index in [1.54, 1.807) is 0 Å². The van der Waals surface area contributed by atoms with Crippen LogP contribution in [0.3, 0.4) is 0 Å². The van der Waals surface area contributed by atoms with Gasteiger partial charge in [0.15, 0.2) is 0 Å². The van der Waals surface area contributed by atoms with Gasteiger partial charge in [0.2, 0.25) is 8.32 Å². The molecule has 0 atom stereocenters. The van der Waals surface area contributed by atoms with Gasteiger partial charge in [0.1, 0.15) is 6.26 Å². The molecular formula is C5H12O2Si. The van der Waals surface area contributed by atoms with Crippen molar-refractivity contribution in [1.82, 2.24) is 0 Å². The van der Waals surface area contributed by atoms with Gasteiger partial charge in [-0.2, -0.15) is 0 Å². The second kappa shape index (κ2) is 2.89. The fourth-order valence-corrected chi connectivity index (χ4v) is 0.535. The van der Waals surface area contributed by atoms with Gasteiger partial charge in [-0.3, -0.25) is 0 Å². The van der Waals surface area contributed by atoms with Crippen LogP contribution in [0, 0.1) is 0 Å². The van der Waals surface area contributed by atoms with E-state index >= 15 is 0 Å². The van der Waals surface area contributed by atoms with Crippen LogP contribution in [0.25, 0.3) is 0 Å². The number of hydrogen-bond acceptors (Lipinski definition) is 2. The molecule has 0 unspecified atom stereocenters. The van der Waals surface area contributed by atoms with E-state index in [2.05, 4.69) is 11.5 Å². The van der Waals surface area contributed by atoms with E-state index in [-0.39, 0.29) is 0 Å². The van der Waals surface area contributed by atoms with Crippen LogP contribution in [-0.4, -0.2) is 8.32 Å². The van der Waals surface area contributed by atoms with Gasteiger partial charge in [0, 0.05) is 0 Å². The van der Waals surface area contributed by atoms with E-state index in [9.17, 15) is 0 Å². The van der Waals surface area contributed by atoms with E-state index in [1.165, 1.54) is 6.26 Å². The molecular weight excluding hydrogens is 120 g/mol. The minimum Gasteiger partial charge on any atom is -0.358 e. The van der Waals surface area contributed by atoms with E-state index in [0.717, 1.165) is 0 Å². The van der Waals surface area contributed by atoms with Crippen molar-refractivity contribution >= 4 is 8.32 Å². The zero-order valence-corrected chi connectivity index (χ0v) is 6.60. The van der Waals surface area contributed by atoms with Crippen LogP contribution in [0.15, 0.2) is 12.8 Å². The molecule has 0 aliphatic carbocycles. The average molecular weight is 132 g/mol. The Morgan fingerprint density at radius 2 is 1.88 bits per heavy atom. The Hall–Kier alpha value is -0.283. The Balaban J connectivity index is 3.24. The van der Waals surface area contributed by atoms with Crippen LogP contribution in [0.4, 0.5) is 0 Å². The molecule has 0 fully saturated rings. The average Bonchev–Trinajstić information content (AvgIpc) is 1.59. The second-order valence-electron chi connectivity index (χ2n) is 2.46. The Kier molecular flexibility index (Phi) is 2.79. The van der Waals surface area contributed by atoms with E-state index < -0.39 is 8.32 Å². The third kappa shape index (κ3) is 5.72. The normalized spacial score (nSPS) is 10.9. The van der Waals surface area contributed by atoms with Crippen molar-refractivity contribution in [3.05, 3.63) is 12.8 Å². The quantitative estimate of drug-likeness (QED) is 0.253. The Morgan fingerprint density at radius 3 is 2.00 bits per heavy atom. The molecule has 0 aromatic carbocycles. The summed E-state index contributed by atoms with van der Waals surface area (Å²) in [5.74, 6) is 0. The molecule has 3 heteroatoms. The maximum absolute atomic E-state index is 4.90. The summed E-state index contributed by atoms with van der Waals surface area (Å²) in [7, 11) is -1.47. The summed E-state index contributed by atoms with van der Waals surface area (Å²) in [6.45, 7) is 9.45. The standard InChI is InChI=1S/C5H12O2Si/c1-5-6-7-8(2,3)4/h5H,1H2,2-4H3. The Bertz CT molecular complexity index is 75.0. The monoisotopic (exact) mass is 132 g/mol. The molecule has 0 spiro atoms. The highest BCUT2D eigenvalue weighted by Gasteiger charge is 2.15. The number of hydrogen-bond donors (Lipinski definition) is 0. The minimum atomic E-state index is -1.47. The molecule has 0 aliphatic rings. The molecule has 0 aliphatic heterocycles. The van der Waals surface area contributed by atoms with E-state index in [1.807, 2.05) is 19.6 Å². The Labute approximate surface area is 51.2 Å². The highest BCUT2D eigenvalue weighted by Crippen LogP contribution is 2.01. The van der Waals surface area contributed by atoms with Gasteiger partial charge in [-0.1, -0.05) is 6.58 Å². The van der Waals surface area contributed by atoms with Crippen LogP contribution in [0.5, 0.6) is 0 Å². The molecule has 0 aromatic heterocycles. The molecule has 0 saturated carbocycles. The second-order valence-corrected chi connectivity index (χ2v) is 6.85. The van der Waals surface area contributed by atoms with Crippen molar-refractivity contribution < 1.29 is 9.46 Å². The molecule has 8 heavy (non-hydrogen) atoms. The molecule has 0 bridgehead atoms. The lowest BCUT2D eigenvalue weighted by Crippen LogP contribution is -2.24. The zero-order valence-electron chi connectivity index (χ0n) is 5.60. The lowest BCUT2D eigenvalue weighted by atomic mass is 11.2. The van der Waals surface area contributed by atoms with Crippen molar-refractivity contribution in [2.75, 3.05) is 0 Å². The summed E-state index contributed by atoms with van der Waals surface area (Å²) in [6, 6.07) is 0. The maximum atomic E-state index is 4.90. The predicted molar refractivity (Wildman–Crippen MR) is 35.7 cm³/mol. The summed E-state index contributed by atoms with van der Waals surface area (Å²) in [5, 5.41) is 0. The zero-order chi connectivity index (χ0) is 6.62. The van der Waals surface area contributed by atoms with Crippen LogP contribution in [0.1, 0.15) is 0 Å². The lowest BCUT2D eigenvalue weighted by Gasteiger charge is -2.12. The predicted octanol–water partition coefficient (Wildman–Crippen LogP) is 1.91. The highest BCUT2D eigenvalue weighted by atomic mass is 28.4. The van der Waals surface area contributed by atoms with Gasteiger partial charge in [-0.05, 0) is 19.6 Å². The number of rotatable bonds is 3. The lowest BCUT2D eigenvalue weighted by molar-refractivity contribution is -0.159. The summed E-state index contributed by atoms with van der Waals surface area (Å²) in [6.07, 6.45) is 1.29. The summed E-state index contributed by atoms with van der Waals surface area (Å²) in [5.41, 5.74) is 0. The largest absolute Gasteiger partial charge is 0.358 e. The highest BCUT2D eigenvalue weighted by molar-refractivity contribution is 6.69. The molecule has 0 radical (unpaired) electrons. The smallest absolute Gasteiger partial charge is 0.245 e. The molecule has 48 valence electrons. The van der Waals surface area contributed by atoms with Crippen molar-refractivity contribution in [1.29, 1.82) is 0 Å². The third-order valence-electron chi connectivity index (χ3n) is 0.366. The summed E-state index contributed by atoms with van der Waals surface area (Å²) < 4.78 is 4.90. The van der Waals surface area contributed by atoms with Crippen LogP contribution >= 0.6 is 0 Å². The van der Waals surface area contributed by atoms with Gasteiger partial charge in [0.25, 0.3) is 0 Å². The molecule has 0 saturated heterocycles. The first-order chi connectivity index (χ1) is 3.56. The molecule has 0 amide bonds. The van der Waals surface area contributed by atoms with E-state index in [4.69, 9.17) is 4.58 Å². The molecule has 2 nitrogen and oxygen atoms in total. The van der Waals surface area contributed by atoms with Gasteiger partial charge in [-0.15, -0.1) is 0 Å². The van der Waals surface area contributed by atoms with Crippen molar-refractivity contribution in [2.45, 2.75) is 19.6 Å². The minimum absolute atomic E-state index is 1.29. The van der Waals surface area contributed by atoms with Crippen LogP contribution in [-0.2, 0) is 9.46 Å². The van der Waals surface area contributed by atoms with Gasteiger partial charge >= 0.3 is 0 Å². The van der Waals surface area contributed by atoms with Crippen LogP contribution < -0.4 is 0 Å². The summed E-state index contributed by atoms with van der Waals surface area (Å²) in [4.78, 5) is 4.52.